The van der Waals surface area contributed by atoms with E-state index in [1.54, 1.807) is 12.3 Å². The van der Waals surface area contributed by atoms with Gasteiger partial charge in [0, 0.05) is 6.20 Å². The molecule has 0 saturated heterocycles. The Morgan fingerprint density at radius 1 is 1.50 bits per heavy atom. The van der Waals surface area contributed by atoms with Crippen molar-refractivity contribution in [1.29, 1.82) is 0 Å². The third kappa shape index (κ3) is 3.91. The van der Waals surface area contributed by atoms with Crippen LogP contribution in [0.3, 0.4) is 0 Å². The maximum atomic E-state index is 10.5. The van der Waals surface area contributed by atoms with Gasteiger partial charge in [-0.15, -0.1) is 0 Å². The van der Waals surface area contributed by atoms with Crippen molar-refractivity contribution in [3.05, 3.63) is 29.6 Å². The highest BCUT2D eigenvalue weighted by Gasteiger charge is 2.02. The molecule has 0 aromatic carbocycles. The standard InChI is InChI=1S/C10H13NO2.Al.3H/c1-2-3-4-8-5-6-9(10(12)13)11-7-8;;;;/h5-7H,2-4H2,1H3,(H,12,13);;;;. The lowest BCUT2D eigenvalue weighted by Gasteiger charge is -1.98. The number of rotatable bonds is 4. The van der Waals surface area contributed by atoms with Gasteiger partial charge in [-0.3, -0.25) is 0 Å². The van der Waals surface area contributed by atoms with Gasteiger partial charge in [-0.2, -0.15) is 0 Å². The zero-order valence-electron chi connectivity index (χ0n) is 7.66. The van der Waals surface area contributed by atoms with Gasteiger partial charge in [0.2, 0.25) is 0 Å². The van der Waals surface area contributed by atoms with Crippen LogP contribution < -0.4 is 0 Å². The van der Waals surface area contributed by atoms with Crippen molar-refractivity contribution >= 4 is 23.3 Å². The molecule has 1 aromatic heterocycles. The predicted molar refractivity (Wildman–Crippen MR) is 59.7 cm³/mol. The summed E-state index contributed by atoms with van der Waals surface area (Å²) in [5, 5.41) is 8.59. The maximum absolute atomic E-state index is 10.5. The normalized spacial score (nSPS) is 9.21. The van der Waals surface area contributed by atoms with Crippen molar-refractivity contribution in [3.63, 3.8) is 0 Å². The lowest BCUT2D eigenvalue weighted by molar-refractivity contribution is 0.0690. The summed E-state index contributed by atoms with van der Waals surface area (Å²) in [6.45, 7) is 2.12. The number of hydrogen-bond acceptors (Lipinski definition) is 2. The first-order valence-electron chi connectivity index (χ1n) is 4.42. The quantitative estimate of drug-likeness (QED) is 0.751. The van der Waals surface area contributed by atoms with E-state index < -0.39 is 5.97 Å². The second-order valence-electron chi connectivity index (χ2n) is 2.96. The van der Waals surface area contributed by atoms with Crippen LogP contribution in [0.1, 0.15) is 35.8 Å². The minimum atomic E-state index is -0.970. The number of carbonyl (C=O) groups is 1. The van der Waals surface area contributed by atoms with Crippen LogP contribution in [0, 0.1) is 0 Å². The maximum Gasteiger partial charge on any atom is 0.354 e. The van der Waals surface area contributed by atoms with E-state index in [-0.39, 0.29) is 23.1 Å². The van der Waals surface area contributed by atoms with E-state index in [1.807, 2.05) is 6.07 Å². The monoisotopic (exact) mass is 209 g/mol. The molecule has 0 aliphatic heterocycles. The average molecular weight is 209 g/mol. The Hall–Kier alpha value is -0.848. The molecule has 1 aromatic rings. The third-order valence-electron chi connectivity index (χ3n) is 1.86. The summed E-state index contributed by atoms with van der Waals surface area (Å²) in [5.74, 6) is -0.970. The number of carboxylic acid groups (broad SMARTS) is 1. The molecule has 0 atom stereocenters. The predicted octanol–water partition coefficient (Wildman–Crippen LogP) is 0.938. The minimum absolute atomic E-state index is 0. The highest BCUT2D eigenvalue weighted by molar-refractivity contribution is 5.85. The first-order valence-corrected chi connectivity index (χ1v) is 4.42. The molecule has 0 amide bonds. The molecule has 76 valence electrons. The molecule has 0 aliphatic rings. The van der Waals surface area contributed by atoms with E-state index in [0.717, 1.165) is 24.8 Å². The van der Waals surface area contributed by atoms with E-state index in [2.05, 4.69) is 11.9 Å². The average Bonchev–Trinajstić information content (AvgIpc) is 2.15. The summed E-state index contributed by atoms with van der Waals surface area (Å²) in [7, 11) is 0. The molecule has 1 heterocycles. The van der Waals surface area contributed by atoms with Crippen LogP contribution in [-0.4, -0.2) is 33.4 Å². The van der Waals surface area contributed by atoms with Crippen molar-refractivity contribution in [2.75, 3.05) is 0 Å². The SMILES string of the molecule is CCCCc1ccc(C(=O)O)nc1.[AlH3]. The van der Waals surface area contributed by atoms with Crippen molar-refractivity contribution in [1.82, 2.24) is 4.98 Å². The van der Waals surface area contributed by atoms with E-state index in [1.165, 1.54) is 0 Å². The van der Waals surface area contributed by atoms with Gasteiger partial charge >= 0.3 is 5.97 Å². The van der Waals surface area contributed by atoms with Gasteiger partial charge in [-0.1, -0.05) is 19.4 Å². The number of nitrogens with zero attached hydrogens (tertiary/aromatic N) is 1. The molecule has 4 heteroatoms. The zero-order valence-corrected chi connectivity index (χ0v) is 7.66. The lowest BCUT2D eigenvalue weighted by atomic mass is 10.1. The van der Waals surface area contributed by atoms with Crippen molar-refractivity contribution in [3.8, 4) is 0 Å². The Bertz CT molecular complexity index is 285. The first-order chi connectivity index (χ1) is 6.24. The molecule has 3 nitrogen and oxygen atoms in total. The number of pyridine rings is 1. The topological polar surface area (TPSA) is 50.2 Å². The third-order valence-corrected chi connectivity index (χ3v) is 1.86. The first kappa shape index (κ1) is 13.2. The second-order valence-corrected chi connectivity index (χ2v) is 2.96. The number of aromatic carboxylic acids is 1. The molecule has 0 bridgehead atoms. The molecular weight excluding hydrogens is 193 g/mol. The number of unbranched alkanes of at least 4 members (excludes halogenated alkanes) is 1. The van der Waals surface area contributed by atoms with Crippen LogP contribution in [-0.2, 0) is 6.42 Å². The Kier molecular flexibility index (Phi) is 6.18. The van der Waals surface area contributed by atoms with Gasteiger partial charge in [0.1, 0.15) is 5.69 Å². The van der Waals surface area contributed by atoms with Crippen LogP contribution in [0.2, 0.25) is 0 Å². The van der Waals surface area contributed by atoms with E-state index >= 15 is 0 Å². The summed E-state index contributed by atoms with van der Waals surface area (Å²) in [6, 6.07) is 3.37. The van der Waals surface area contributed by atoms with Crippen LogP contribution in [0.25, 0.3) is 0 Å². The Balaban J connectivity index is 0.00000169. The molecule has 0 unspecified atom stereocenters. The molecular formula is C10H16AlNO2. The van der Waals surface area contributed by atoms with Crippen LogP contribution in [0.5, 0.6) is 0 Å². The van der Waals surface area contributed by atoms with E-state index in [4.69, 9.17) is 5.11 Å². The van der Waals surface area contributed by atoms with Gasteiger partial charge in [0.25, 0.3) is 0 Å². The molecule has 0 aliphatic carbocycles. The largest absolute Gasteiger partial charge is 0.477 e. The molecule has 0 radical (unpaired) electrons. The van der Waals surface area contributed by atoms with Gasteiger partial charge in [0.15, 0.2) is 17.4 Å². The molecule has 14 heavy (non-hydrogen) atoms. The number of aryl methyl sites for hydroxylation is 1. The van der Waals surface area contributed by atoms with E-state index in [9.17, 15) is 4.79 Å². The number of hydrogen-bond donors (Lipinski definition) is 1. The molecule has 0 spiro atoms. The summed E-state index contributed by atoms with van der Waals surface area (Å²) in [6.07, 6.45) is 4.87. The summed E-state index contributed by atoms with van der Waals surface area (Å²) >= 11 is 0. The molecule has 0 fully saturated rings. The number of carboxylic acids is 1. The highest BCUT2D eigenvalue weighted by Crippen LogP contribution is 2.04. The fraction of sp³-hybridized carbons (Fsp3) is 0.400. The van der Waals surface area contributed by atoms with Crippen molar-refractivity contribution in [2.24, 2.45) is 0 Å². The zero-order chi connectivity index (χ0) is 9.68. The summed E-state index contributed by atoms with van der Waals surface area (Å²) in [4.78, 5) is 14.3. The highest BCUT2D eigenvalue weighted by atomic mass is 27.0. The fourth-order valence-corrected chi connectivity index (χ4v) is 1.08. The molecule has 1 N–H and O–H groups in total. The van der Waals surface area contributed by atoms with Gasteiger partial charge in [0.05, 0.1) is 0 Å². The number of aromatic nitrogens is 1. The molecule has 1 rings (SSSR count). The summed E-state index contributed by atoms with van der Waals surface area (Å²) < 4.78 is 0. The molecule has 0 saturated carbocycles. The van der Waals surface area contributed by atoms with Gasteiger partial charge in [-0.05, 0) is 24.5 Å². The van der Waals surface area contributed by atoms with Crippen LogP contribution >= 0.6 is 0 Å². The smallest absolute Gasteiger partial charge is 0.354 e. The second kappa shape index (κ2) is 6.58. The Morgan fingerprint density at radius 2 is 2.21 bits per heavy atom. The summed E-state index contributed by atoms with van der Waals surface area (Å²) in [5.41, 5.74) is 1.21. The van der Waals surface area contributed by atoms with Crippen molar-refractivity contribution in [2.45, 2.75) is 26.2 Å². The Labute approximate surface area is 94.3 Å². The van der Waals surface area contributed by atoms with Crippen LogP contribution in [0.15, 0.2) is 18.3 Å². The van der Waals surface area contributed by atoms with Gasteiger partial charge in [-0.25, -0.2) is 9.78 Å². The fourth-order valence-electron chi connectivity index (χ4n) is 1.08. The lowest BCUT2D eigenvalue weighted by Crippen LogP contribution is -2.00. The minimum Gasteiger partial charge on any atom is -0.477 e. The van der Waals surface area contributed by atoms with Crippen molar-refractivity contribution < 1.29 is 9.90 Å². The Morgan fingerprint density at radius 3 is 2.64 bits per heavy atom. The van der Waals surface area contributed by atoms with E-state index in [0.29, 0.717) is 0 Å². The van der Waals surface area contributed by atoms with Gasteiger partial charge < -0.3 is 5.11 Å². The van der Waals surface area contributed by atoms with Crippen LogP contribution in [0.4, 0.5) is 0 Å².